The second-order valence-corrected chi connectivity index (χ2v) is 5.32. The minimum atomic E-state index is -4.34. The maximum Gasteiger partial charge on any atom is 0.417 e. The second-order valence-electron chi connectivity index (χ2n) is 5.32. The standard InChI is InChI=1S/C14H20F3N3O/c15-14(16,17)12-1-2-13(19-10-12)18-9-11-3-5-20(6-4-11)7-8-21/h1-2,10-11,21H,3-9H2,(H,18,19). The SMILES string of the molecule is OCCN1CCC(CNc2ccc(C(F)(F)F)cn2)CC1. The first-order chi connectivity index (χ1) is 9.99. The van der Waals surface area contributed by atoms with Crippen LogP contribution in [0.2, 0.25) is 0 Å². The van der Waals surface area contributed by atoms with Crippen molar-refractivity contribution in [1.82, 2.24) is 9.88 Å². The van der Waals surface area contributed by atoms with Crippen molar-refractivity contribution in [2.75, 3.05) is 38.1 Å². The van der Waals surface area contributed by atoms with Crippen molar-refractivity contribution >= 4 is 5.82 Å². The van der Waals surface area contributed by atoms with Gasteiger partial charge >= 0.3 is 6.18 Å². The van der Waals surface area contributed by atoms with Crippen molar-refractivity contribution in [1.29, 1.82) is 0 Å². The highest BCUT2D eigenvalue weighted by atomic mass is 19.4. The highest BCUT2D eigenvalue weighted by Crippen LogP contribution is 2.29. The van der Waals surface area contributed by atoms with Crippen LogP contribution in [-0.2, 0) is 6.18 Å². The smallest absolute Gasteiger partial charge is 0.395 e. The van der Waals surface area contributed by atoms with Crippen molar-refractivity contribution in [3.8, 4) is 0 Å². The molecule has 1 aliphatic rings. The number of nitrogens with one attached hydrogen (secondary N) is 1. The molecule has 0 aromatic carbocycles. The molecule has 0 radical (unpaired) electrons. The van der Waals surface area contributed by atoms with Gasteiger partial charge in [0.15, 0.2) is 0 Å². The molecule has 0 saturated carbocycles. The highest BCUT2D eigenvalue weighted by molar-refractivity contribution is 5.36. The number of aromatic nitrogens is 1. The summed E-state index contributed by atoms with van der Waals surface area (Å²) in [6.07, 6.45) is -1.45. The lowest BCUT2D eigenvalue weighted by molar-refractivity contribution is -0.137. The molecule has 118 valence electrons. The summed E-state index contributed by atoms with van der Waals surface area (Å²) in [5.74, 6) is 0.963. The number of aliphatic hydroxyl groups is 1. The van der Waals surface area contributed by atoms with Gasteiger partial charge in [0, 0.05) is 19.3 Å². The van der Waals surface area contributed by atoms with Gasteiger partial charge < -0.3 is 15.3 Å². The van der Waals surface area contributed by atoms with E-state index in [0.29, 0.717) is 24.8 Å². The minimum absolute atomic E-state index is 0.179. The molecular formula is C14H20F3N3O. The van der Waals surface area contributed by atoms with Crippen molar-refractivity contribution in [2.24, 2.45) is 5.92 Å². The van der Waals surface area contributed by atoms with E-state index in [1.165, 1.54) is 6.07 Å². The van der Waals surface area contributed by atoms with Crippen LogP contribution in [0.25, 0.3) is 0 Å². The highest BCUT2D eigenvalue weighted by Gasteiger charge is 2.30. The van der Waals surface area contributed by atoms with Crippen LogP contribution >= 0.6 is 0 Å². The topological polar surface area (TPSA) is 48.4 Å². The van der Waals surface area contributed by atoms with Gasteiger partial charge in [-0.05, 0) is 44.0 Å². The summed E-state index contributed by atoms with van der Waals surface area (Å²) in [5.41, 5.74) is -0.731. The molecule has 2 N–H and O–H groups in total. The number of alkyl halides is 3. The van der Waals surface area contributed by atoms with E-state index in [-0.39, 0.29) is 6.61 Å². The number of hydrogen-bond acceptors (Lipinski definition) is 4. The molecule has 1 saturated heterocycles. The molecular weight excluding hydrogens is 283 g/mol. The summed E-state index contributed by atoms with van der Waals surface area (Å²) in [5, 5.41) is 12.0. The lowest BCUT2D eigenvalue weighted by Crippen LogP contribution is -2.37. The lowest BCUT2D eigenvalue weighted by Gasteiger charge is -2.31. The summed E-state index contributed by atoms with van der Waals surface area (Å²) in [6, 6.07) is 2.41. The first-order valence-electron chi connectivity index (χ1n) is 7.09. The van der Waals surface area contributed by atoms with Crippen molar-refractivity contribution in [3.05, 3.63) is 23.9 Å². The average Bonchev–Trinajstić information content (AvgIpc) is 2.46. The lowest BCUT2D eigenvalue weighted by atomic mass is 9.97. The maximum absolute atomic E-state index is 12.4. The predicted molar refractivity (Wildman–Crippen MR) is 74.0 cm³/mol. The maximum atomic E-state index is 12.4. The van der Waals surface area contributed by atoms with Gasteiger partial charge in [-0.3, -0.25) is 0 Å². The molecule has 2 heterocycles. The number of nitrogens with zero attached hydrogens (tertiary/aromatic N) is 2. The summed E-state index contributed by atoms with van der Waals surface area (Å²) in [6.45, 7) is 3.50. The summed E-state index contributed by atoms with van der Waals surface area (Å²) in [4.78, 5) is 6.01. The first kappa shape index (κ1) is 16.0. The molecule has 7 heteroatoms. The Balaban J connectivity index is 1.76. The van der Waals surface area contributed by atoms with E-state index in [4.69, 9.17) is 5.11 Å². The Bertz CT molecular complexity index is 428. The Hall–Kier alpha value is -1.34. The number of likely N-dealkylation sites (tertiary alicyclic amines) is 1. The second kappa shape index (κ2) is 7.09. The van der Waals surface area contributed by atoms with Gasteiger partial charge in [0.2, 0.25) is 0 Å². The molecule has 1 aliphatic heterocycles. The van der Waals surface area contributed by atoms with Crippen LogP contribution in [0.5, 0.6) is 0 Å². The van der Waals surface area contributed by atoms with E-state index in [9.17, 15) is 13.2 Å². The van der Waals surface area contributed by atoms with Crippen molar-refractivity contribution in [2.45, 2.75) is 19.0 Å². The summed E-state index contributed by atoms with van der Waals surface area (Å²) < 4.78 is 37.2. The van der Waals surface area contributed by atoms with Gasteiger partial charge in [-0.25, -0.2) is 4.98 Å². The van der Waals surface area contributed by atoms with Gasteiger partial charge in [0.1, 0.15) is 5.82 Å². The number of piperidine rings is 1. The first-order valence-corrected chi connectivity index (χ1v) is 7.09. The molecule has 1 fully saturated rings. The number of aliphatic hydroxyl groups excluding tert-OH is 1. The molecule has 4 nitrogen and oxygen atoms in total. The van der Waals surface area contributed by atoms with Crippen LogP contribution in [0.15, 0.2) is 18.3 Å². The summed E-state index contributed by atoms with van der Waals surface area (Å²) in [7, 11) is 0. The van der Waals surface area contributed by atoms with Crippen LogP contribution in [0.1, 0.15) is 18.4 Å². The largest absolute Gasteiger partial charge is 0.417 e. The molecule has 0 atom stereocenters. The predicted octanol–water partition coefficient (Wildman–Crippen LogP) is 2.22. The third kappa shape index (κ3) is 4.86. The van der Waals surface area contributed by atoms with Gasteiger partial charge in [-0.15, -0.1) is 0 Å². The molecule has 0 bridgehead atoms. The Morgan fingerprint density at radius 3 is 2.52 bits per heavy atom. The van der Waals surface area contributed by atoms with Crippen LogP contribution in [0.4, 0.5) is 19.0 Å². The van der Waals surface area contributed by atoms with Gasteiger partial charge in [-0.1, -0.05) is 0 Å². The van der Waals surface area contributed by atoms with Crippen LogP contribution in [0.3, 0.4) is 0 Å². The number of rotatable bonds is 5. The number of hydrogen-bond donors (Lipinski definition) is 2. The van der Waals surface area contributed by atoms with E-state index in [0.717, 1.165) is 38.2 Å². The molecule has 21 heavy (non-hydrogen) atoms. The molecule has 0 aliphatic carbocycles. The van der Waals surface area contributed by atoms with Gasteiger partial charge in [-0.2, -0.15) is 13.2 Å². The third-order valence-electron chi connectivity index (χ3n) is 3.79. The number of pyridine rings is 1. The molecule has 0 spiro atoms. The Labute approximate surface area is 122 Å². The normalized spacial score (nSPS) is 17.9. The van der Waals surface area contributed by atoms with Crippen LogP contribution in [0, 0.1) is 5.92 Å². The molecule has 2 rings (SSSR count). The van der Waals surface area contributed by atoms with E-state index in [2.05, 4.69) is 15.2 Å². The summed E-state index contributed by atoms with van der Waals surface area (Å²) >= 11 is 0. The Morgan fingerprint density at radius 2 is 2.00 bits per heavy atom. The Morgan fingerprint density at radius 1 is 1.29 bits per heavy atom. The number of β-amino-alcohol motifs (C(OH)–C–C–N with tert-alkyl or cyclic N) is 1. The minimum Gasteiger partial charge on any atom is -0.395 e. The zero-order chi connectivity index (χ0) is 15.3. The monoisotopic (exact) mass is 303 g/mol. The van der Waals surface area contributed by atoms with Crippen molar-refractivity contribution in [3.63, 3.8) is 0 Å². The van der Waals surface area contributed by atoms with E-state index < -0.39 is 11.7 Å². The van der Waals surface area contributed by atoms with E-state index in [1.54, 1.807) is 0 Å². The van der Waals surface area contributed by atoms with Crippen LogP contribution in [-0.4, -0.2) is 47.8 Å². The van der Waals surface area contributed by atoms with Crippen molar-refractivity contribution < 1.29 is 18.3 Å². The quantitative estimate of drug-likeness (QED) is 0.875. The molecule has 0 amide bonds. The van der Waals surface area contributed by atoms with Crippen LogP contribution < -0.4 is 5.32 Å². The zero-order valence-electron chi connectivity index (χ0n) is 11.7. The average molecular weight is 303 g/mol. The fourth-order valence-electron chi connectivity index (χ4n) is 2.47. The molecule has 0 unspecified atom stereocenters. The fraction of sp³-hybridized carbons (Fsp3) is 0.643. The molecule has 1 aromatic rings. The van der Waals surface area contributed by atoms with Gasteiger partial charge in [0.05, 0.1) is 12.2 Å². The fourth-order valence-corrected chi connectivity index (χ4v) is 2.47. The Kier molecular flexibility index (Phi) is 5.41. The number of anilines is 1. The third-order valence-corrected chi connectivity index (χ3v) is 3.79. The van der Waals surface area contributed by atoms with E-state index >= 15 is 0 Å². The van der Waals surface area contributed by atoms with Gasteiger partial charge in [0.25, 0.3) is 0 Å². The molecule has 1 aromatic heterocycles. The number of halogens is 3. The van der Waals surface area contributed by atoms with E-state index in [1.807, 2.05) is 0 Å². The zero-order valence-corrected chi connectivity index (χ0v) is 11.7.